The molecule has 1 N–H and O–H groups in total. The van der Waals surface area contributed by atoms with Gasteiger partial charge in [-0.15, -0.1) is 10.2 Å². The number of piperidine rings is 1. The van der Waals surface area contributed by atoms with E-state index in [0.29, 0.717) is 12.0 Å². The summed E-state index contributed by atoms with van der Waals surface area (Å²) in [6.07, 6.45) is 6.90. The van der Waals surface area contributed by atoms with E-state index in [1.54, 1.807) is 0 Å². The Labute approximate surface area is 107 Å². The quantitative estimate of drug-likeness (QED) is 0.862. The van der Waals surface area contributed by atoms with Crippen molar-refractivity contribution in [2.45, 2.75) is 57.0 Å². The normalized spacial score (nSPS) is 25.5. The summed E-state index contributed by atoms with van der Waals surface area (Å²) >= 11 is 0. The van der Waals surface area contributed by atoms with Crippen molar-refractivity contribution >= 4 is 0 Å². The maximum atomic E-state index is 9.11. The molecule has 1 unspecified atom stereocenters. The number of likely N-dealkylation sites (tertiary alicyclic amines) is 1. The van der Waals surface area contributed by atoms with Gasteiger partial charge < -0.3 is 9.52 Å². The number of rotatable bonds is 5. The lowest BCUT2D eigenvalue weighted by Gasteiger charge is -2.34. The van der Waals surface area contributed by atoms with Gasteiger partial charge in [-0.1, -0.05) is 6.42 Å². The second-order valence-corrected chi connectivity index (χ2v) is 5.44. The van der Waals surface area contributed by atoms with Gasteiger partial charge in [-0.3, -0.25) is 4.90 Å². The highest BCUT2D eigenvalue weighted by Crippen LogP contribution is 2.39. The maximum Gasteiger partial charge on any atom is 0.230 e. The summed E-state index contributed by atoms with van der Waals surface area (Å²) in [4.78, 5) is 2.38. The van der Waals surface area contributed by atoms with Crippen molar-refractivity contribution in [3.05, 3.63) is 11.8 Å². The van der Waals surface area contributed by atoms with E-state index in [0.717, 1.165) is 31.3 Å². The molecule has 0 spiro atoms. The Morgan fingerprint density at radius 1 is 1.22 bits per heavy atom. The Morgan fingerprint density at radius 3 is 2.89 bits per heavy atom. The molecule has 1 saturated heterocycles. The molecule has 5 nitrogen and oxygen atoms in total. The Balaban J connectivity index is 1.61. The smallest absolute Gasteiger partial charge is 0.230 e. The molecule has 5 heteroatoms. The second kappa shape index (κ2) is 5.36. The topological polar surface area (TPSA) is 62.4 Å². The summed E-state index contributed by atoms with van der Waals surface area (Å²) in [7, 11) is 0. The zero-order valence-electron chi connectivity index (χ0n) is 10.7. The van der Waals surface area contributed by atoms with Gasteiger partial charge in [0.1, 0.15) is 0 Å². The molecule has 1 atom stereocenters. The van der Waals surface area contributed by atoms with Gasteiger partial charge >= 0.3 is 0 Å². The number of aliphatic hydroxyl groups excluding tert-OH is 1. The molecule has 3 rings (SSSR count). The average molecular weight is 251 g/mol. The summed E-state index contributed by atoms with van der Waals surface area (Å²) in [6, 6.07) is 0.472. The lowest BCUT2D eigenvalue weighted by molar-refractivity contribution is 0.102. The summed E-state index contributed by atoms with van der Waals surface area (Å²) < 4.78 is 5.71. The largest absolute Gasteiger partial charge is 0.424 e. The first-order valence-corrected chi connectivity index (χ1v) is 7.04. The summed E-state index contributed by atoms with van der Waals surface area (Å²) in [5.74, 6) is 2.09. The Bertz CT molecular complexity index is 387. The third kappa shape index (κ3) is 2.72. The molecule has 1 saturated carbocycles. The van der Waals surface area contributed by atoms with Crippen LogP contribution >= 0.6 is 0 Å². The van der Waals surface area contributed by atoms with E-state index in [2.05, 4.69) is 15.1 Å². The molecule has 100 valence electrons. The van der Waals surface area contributed by atoms with Gasteiger partial charge in [0.25, 0.3) is 0 Å². The number of nitrogens with zero attached hydrogens (tertiary/aromatic N) is 3. The van der Waals surface area contributed by atoms with E-state index >= 15 is 0 Å². The first-order chi connectivity index (χ1) is 8.86. The SMILES string of the molecule is OCCC1CCCCN1Cc1nnc(C2CC2)o1. The van der Waals surface area contributed by atoms with Crippen LogP contribution in [0, 0.1) is 0 Å². The van der Waals surface area contributed by atoms with E-state index in [1.807, 2.05) is 0 Å². The number of aliphatic hydroxyl groups is 1. The number of hydrogen-bond donors (Lipinski definition) is 1. The molecule has 1 aromatic heterocycles. The highest BCUT2D eigenvalue weighted by Gasteiger charge is 2.30. The van der Waals surface area contributed by atoms with Gasteiger partial charge in [-0.05, 0) is 38.6 Å². The summed E-state index contributed by atoms with van der Waals surface area (Å²) in [6.45, 7) is 2.08. The van der Waals surface area contributed by atoms with E-state index in [4.69, 9.17) is 9.52 Å². The third-order valence-corrected chi connectivity index (χ3v) is 3.96. The minimum Gasteiger partial charge on any atom is -0.424 e. The molecule has 0 amide bonds. The maximum absolute atomic E-state index is 9.11. The van der Waals surface area contributed by atoms with Gasteiger partial charge in [0.2, 0.25) is 11.8 Å². The van der Waals surface area contributed by atoms with Crippen LogP contribution in [-0.2, 0) is 6.54 Å². The molecule has 0 aromatic carbocycles. The van der Waals surface area contributed by atoms with Crippen molar-refractivity contribution in [2.75, 3.05) is 13.2 Å². The molecule has 18 heavy (non-hydrogen) atoms. The highest BCUT2D eigenvalue weighted by molar-refractivity contribution is 5.00. The molecular formula is C13H21N3O2. The zero-order valence-corrected chi connectivity index (χ0v) is 10.7. The Kier molecular flexibility index (Phi) is 3.61. The molecule has 0 bridgehead atoms. The first-order valence-electron chi connectivity index (χ1n) is 7.04. The van der Waals surface area contributed by atoms with Gasteiger partial charge in [0.15, 0.2) is 0 Å². The third-order valence-electron chi connectivity index (χ3n) is 3.96. The van der Waals surface area contributed by atoms with Crippen molar-refractivity contribution in [3.63, 3.8) is 0 Å². The zero-order chi connectivity index (χ0) is 12.4. The number of aromatic nitrogens is 2. The fourth-order valence-corrected chi connectivity index (χ4v) is 2.74. The molecule has 0 radical (unpaired) electrons. The molecule has 1 aliphatic carbocycles. The van der Waals surface area contributed by atoms with Crippen molar-refractivity contribution in [3.8, 4) is 0 Å². The van der Waals surface area contributed by atoms with Crippen LogP contribution in [-0.4, -0.2) is 39.4 Å². The summed E-state index contributed by atoms with van der Waals surface area (Å²) in [5, 5.41) is 17.4. The molecule has 2 aliphatic rings. The van der Waals surface area contributed by atoms with E-state index in [-0.39, 0.29) is 6.61 Å². The summed E-state index contributed by atoms with van der Waals surface area (Å²) in [5.41, 5.74) is 0. The van der Waals surface area contributed by atoms with Crippen LogP contribution in [0.1, 0.15) is 56.2 Å². The highest BCUT2D eigenvalue weighted by atomic mass is 16.4. The minimum absolute atomic E-state index is 0.262. The van der Waals surface area contributed by atoms with Crippen molar-refractivity contribution in [2.24, 2.45) is 0 Å². The standard InChI is InChI=1S/C13H21N3O2/c17-8-6-11-3-1-2-7-16(11)9-12-14-15-13(18-12)10-4-5-10/h10-11,17H,1-9H2. The monoisotopic (exact) mass is 251 g/mol. The lowest BCUT2D eigenvalue weighted by atomic mass is 10.00. The van der Waals surface area contributed by atoms with Crippen LogP contribution in [0.25, 0.3) is 0 Å². The van der Waals surface area contributed by atoms with Crippen LogP contribution in [0.4, 0.5) is 0 Å². The minimum atomic E-state index is 0.262. The number of hydrogen-bond acceptors (Lipinski definition) is 5. The van der Waals surface area contributed by atoms with Gasteiger partial charge in [0, 0.05) is 18.6 Å². The van der Waals surface area contributed by atoms with Gasteiger partial charge in [0.05, 0.1) is 6.54 Å². The first kappa shape index (κ1) is 12.1. The second-order valence-electron chi connectivity index (χ2n) is 5.44. The van der Waals surface area contributed by atoms with Crippen LogP contribution < -0.4 is 0 Å². The predicted molar refractivity (Wildman–Crippen MR) is 66.0 cm³/mol. The van der Waals surface area contributed by atoms with Crippen molar-refractivity contribution in [1.29, 1.82) is 0 Å². The fraction of sp³-hybridized carbons (Fsp3) is 0.846. The van der Waals surface area contributed by atoms with E-state index in [9.17, 15) is 0 Å². The van der Waals surface area contributed by atoms with Crippen molar-refractivity contribution < 1.29 is 9.52 Å². The van der Waals surface area contributed by atoms with E-state index in [1.165, 1.54) is 32.1 Å². The predicted octanol–water partition coefficient (Wildman–Crippen LogP) is 1.68. The Hall–Kier alpha value is -0.940. The molecule has 1 aromatic rings. The van der Waals surface area contributed by atoms with Crippen LogP contribution in [0.2, 0.25) is 0 Å². The lowest BCUT2D eigenvalue weighted by Crippen LogP contribution is -2.39. The van der Waals surface area contributed by atoms with Gasteiger partial charge in [-0.25, -0.2) is 0 Å². The molecule has 2 fully saturated rings. The van der Waals surface area contributed by atoms with Gasteiger partial charge in [-0.2, -0.15) is 0 Å². The van der Waals surface area contributed by atoms with E-state index < -0.39 is 0 Å². The average Bonchev–Trinajstić information content (AvgIpc) is 3.13. The molecule has 1 aliphatic heterocycles. The van der Waals surface area contributed by atoms with Crippen molar-refractivity contribution in [1.82, 2.24) is 15.1 Å². The van der Waals surface area contributed by atoms with Crippen LogP contribution in [0.3, 0.4) is 0 Å². The molecule has 2 heterocycles. The fourth-order valence-electron chi connectivity index (χ4n) is 2.74. The Morgan fingerprint density at radius 2 is 2.11 bits per heavy atom. The molecular weight excluding hydrogens is 230 g/mol. The van der Waals surface area contributed by atoms with Crippen LogP contribution in [0.15, 0.2) is 4.42 Å². The van der Waals surface area contributed by atoms with Crippen LogP contribution in [0.5, 0.6) is 0 Å².